The molecular weight excluding hydrogens is 168 g/mol. The summed E-state index contributed by atoms with van der Waals surface area (Å²) in [6, 6.07) is -0.106. The van der Waals surface area contributed by atoms with Gasteiger partial charge in [0.1, 0.15) is 0 Å². The average Bonchev–Trinajstić information content (AvgIpc) is 2.11. The molecule has 0 saturated heterocycles. The van der Waals surface area contributed by atoms with Gasteiger partial charge in [-0.15, -0.1) is 0 Å². The van der Waals surface area contributed by atoms with E-state index in [1.54, 1.807) is 14.1 Å². The van der Waals surface area contributed by atoms with E-state index in [1.807, 2.05) is 6.92 Å². The summed E-state index contributed by atoms with van der Waals surface area (Å²) in [6.45, 7) is 3.01. The van der Waals surface area contributed by atoms with Crippen LogP contribution in [0.3, 0.4) is 0 Å². The van der Waals surface area contributed by atoms with Crippen LogP contribution in [0.15, 0.2) is 4.99 Å². The Morgan fingerprint density at radius 2 is 2.15 bits per heavy atom. The summed E-state index contributed by atoms with van der Waals surface area (Å²) in [6.07, 6.45) is 0.752. The summed E-state index contributed by atoms with van der Waals surface area (Å²) in [5.41, 5.74) is 5.48. The van der Waals surface area contributed by atoms with E-state index in [4.69, 9.17) is 5.73 Å². The first kappa shape index (κ1) is 11.7. The highest BCUT2D eigenvalue weighted by atomic mass is 16.2. The van der Waals surface area contributed by atoms with Gasteiger partial charge in [-0.05, 0) is 0 Å². The molecule has 0 saturated carbocycles. The van der Waals surface area contributed by atoms with Gasteiger partial charge in [0, 0.05) is 27.1 Å². The fraction of sp³-hybridized carbons (Fsp3) is 0.750. The molecule has 0 rings (SSSR count). The molecule has 3 N–H and O–H groups in total. The molecular formula is C8H18N4O. The van der Waals surface area contributed by atoms with E-state index in [2.05, 4.69) is 10.3 Å². The van der Waals surface area contributed by atoms with E-state index >= 15 is 0 Å². The molecule has 5 nitrogen and oxygen atoms in total. The quantitative estimate of drug-likeness (QED) is 0.369. The highest BCUT2D eigenvalue weighted by molar-refractivity contribution is 5.80. The Balaban J connectivity index is 3.52. The van der Waals surface area contributed by atoms with E-state index in [-0.39, 0.29) is 6.03 Å². The second-order valence-corrected chi connectivity index (χ2v) is 2.85. The van der Waals surface area contributed by atoms with Crippen molar-refractivity contribution in [2.24, 2.45) is 10.7 Å². The number of nitrogens with zero attached hydrogens (tertiary/aromatic N) is 2. The second kappa shape index (κ2) is 6.28. The molecule has 0 radical (unpaired) electrons. The van der Waals surface area contributed by atoms with Gasteiger partial charge < -0.3 is 16.0 Å². The first-order chi connectivity index (χ1) is 6.07. The molecule has 0 aliphatic heterocycles. The minimum absolute atomic E-state index is 0.106. The van der Waals surface area contributed by atoms with Gasteiger partial charge >= 0.3 is 6.03 Å². The largest absolute Gasteiger partial charge is 0.387 e. The van der Waals surface area contributed by atoms with Crippen LogP contribution in [0.1, 0.15) is 13.3 Å². The maximum atomic E-state index is 11.0. The van der Waals surface area contributed by atoms with Crippen molar-refractivity contribution in [2.75, 3.05) is 27.2 Å². The molecule has 0 bridgehead atoms. The Bertz CT molecular complexity index is 189. The van der Waals surface area contributed by atoms with Gasteiger partial charge in [-0.3, -0.25) is 4.99 Å². The number of carbonyl (C=O) groups is 1. The molecule has 13 heavy (non-hydrogen) atoms. The van der Waals surface area contributed by atoms with Crippen molar-refractivity contribution in [3.05, 3.63) is 0 Å². The highest BCUT2D eigenvalue weighted by Crippen LogP contribution is 1.79. The number of hydrogen-bond donors (Lipinski definition) is 2. The summed E-state index contributed by atoms with van der Waals surface area (Å²) < 4.78 is 0. The second-order valence-electron chi connectivity index (χ2n) is 2.85. The fourth-order valence-electron chi connectivity index (χ4n) is 0.632. The van der Waals surface area contributed by atoms with Crippen molar-refractivity contribution >= 4 is 11.9 Å². The molecule has 0 fully saturated rings. The predicted molar refractivity (Wildman–Crippen MR) is 53.9 cm³/mol. The van der Waals surface area contributed by atoms with Crippen molar-refractivity contribution in [3.63, 3.8) is 0 Å². The zero-order valence-electron chi connectivity index (χ0n) is 8.50. The number of amides is 2. The van der Waals surface area contributed by atoms with Crippen molar-refractivity contribution in [1.82, 2.24) is 10.2 Å². The Morgan fingerprint density at radius 3 is 2.62 bits per heavy atom. The molecule has 0 spiro atoms. The van der Waals surface area contributed by atoms with Crippen molar-refractivity contribution in [3.8, 4) is 0 Å². The molecule has 0 aliphatic carbocycles. The van der Waals surface area contributed by atoms with Gasteiger partial charge in [0.2, 0.25) is 0 Å². The van der Waals surface area contributed by atoms with Gasteiger partial charge in [0.05, 0.1) is 12.4 Å². The normalized spacial score (nSPS) is 11.2. The number of hydrogen-bond acceptors (Lipinski definition) is 2. The summed E-state index contributed by atoms with van der Waals surface area (Å²) in [7, 11) is 3.39. The number of amidine groups is 1. The number of rotatable bonds is 4. The highest BCUT2D eigenvalue weighted by Gasteiger charge is 1.99. The predicted octanol–water partition coefficient (Wildman–Crippen LogP) is 0.0248. The molecule has 0 aromatic carbocycles. The maximum absolute atomic E-state index is 11.0. The minimum atomic E-state index is -0.106. The average molecular weight is 186 g/mol. The van der Waals surface area contributed by atoms with Crippen molar-refractivity contribution in [2.45, 2.75) is 13.3 Å². The lowest BCUT2D eigenvalue weighted by Crippen LogP contribution is -2.36. The molecule has 0 heterocycles. The van der Waals surface area contributed by atoms with Crippen LogP contribution in [0.2, 0.25) is 0 Å². The number of carbonyl (C=O) groups excluding carboxylic acids is 1. The van der Waals surface area contributed by atoms with Crippen molar-refractivity contribution < 1.29 is 4.79 Å². The molecule has 0 aromatic rings. The van der Waals surface area contributed by atoms with Crippen LogP contribution < -0.4 is 11.1 Å². The summed E-state index contributed by atoms with van der Waals surface area (Å²) in [4.78, 5) is 16.5. The van der Waals surface area contributed by atoms with Gasteiger partial charge in [-0.2, -0.15) is 0 Å². The lowest BCUT2D eigenvalue weighted by Gasteiger charge is -2.10. The Labute approximate surface area is 79.0 Å². The Morgan fingerprint density at radius 1 is 1.54 bits per heavy atom. The van der Waals surface area contributed by atoms with Gasteiger partial charge in [0.25, 0.3) is 0 Å². The summed E-state index contributed by atoms with van der Waals surface area (Å²) in [5.74, 6) is 0.624. The van der Waals surface area contributed by atoms with E-state index in [1.165, 1.54) is 4.90 Å². The van der Waals surface area contributed by atoms with E-state index < -0.39 is 0 Å². The van der Waals surface area contributed by atoms with Crippen LogP contribution in [-0.2, 0) is 0 Å². The lowest BCUT2D eigenvalue weighted by molar-refractivity contribution is 0.218. The molecule has 0 unspecified atom stereocenters. The first-order valence-electron chi connectivity index (χ1n) is 4.31. The third-order valence-electron chi connectivity index (χ3n) is 1.47. The molecule has 76 valence electrons. The van der Waals surface area contributed by atoms with E-state index in [9.17, 15) is 4.79 Å². The number of nitrogens with two attached hydrogens (primary N) is 1. The van der Waals surface area contributed by atoms with Crippen LogP contribution in [0, 0.1) is 0 Å². The van der Waals surface area contributed by atoms with Crippen LogP contribution in [0.5, 0.6) is 0 Å². The van der Waals surface area contributed by atoms with E-state index in [0.29, 0.717) is 18.9 Å². The topological polar surface area (TPSA) is 70.7 Å². The molecule has 5 heteroatoms. The lowest BCUT2D eigenvalue weighted by atomic mass is 10.4. The van der Waals surface area contributed by atoms with Crippen LogP contribution in [0.4, 0.5) is 4.79 Å². The van der Waals surface area contributed by atoms with Gasteiger partial charge in [-0.25, -0.2) is 4.79 Å². The summed E-state index contributed by atoms with van der Waals surface area (Å²) >= 11 is 0. The monoisotopic (exact) mass is 186 g/mol. The molecule has 2 amide bonds. The third-order valence-corrected chi connectivity index (χ3v) is 1.47. The zero-order valence-corrected chi connectivity index (χ0v) is 8.50. The van der Waals surface area contributed by atoms with Gasteiger partial charge in [0.15, 0.2) is 0 Å². The fourth-order valence-corrected chi connectivity index (χ4v) is 0.632. The maximum Gasteiger partial charge on any atom is 0.316 e. The number of nitrogens with one attached hydrogen (secondary N) is 1. The SMILES string of the molecule is CCC(N)=NCCNC(=O)N(C)C. The van der Waals surface area contributed by atoms with Gasteiger partial charge in [-0.1, -0.05) is 6.92 Å². The third kappa shape index (κ3) is 5.95. The summed E-state index contributed by atoms with van der Waals surface area (Å²) in [5, 5.41) is 2.69. The van der Waals surface area contributed by atoms with E-state index in [0.717, 1.165) is 6.42 Å². The Kier molecular flexibility index (Phi) is 5.67. The smallest absolute Gasteiger partial charge is 0.316 e. The Hall–Kier alpha value is -1.26. The standard InChI is InChI=1S/C8H18N4O/c1-4-7(9)10-5-6-11-8(13)12(2)3/h4-6H2,1-3H3,(H2,9,10)(H,11,13). The van der Waals surface area contributed by atoms with Crippen LogP contribution >= 0.6 is 0 Å². The minimum Gasteiger partial charge on any atom is -0.387 e. The van der Waals surface area contributed by atoms with Crippen LogP contribution in [-0.4, -0.2) is 44.0 Å². The number of urea groups is 1. The van der Waals surface area contributed by atoms with Crippen LogP contribution in [0.25, 0.3) is 0 Å². The number of aliphatic imine (C=N–C) groups is 1. The van der Waals surface area contributed by atoms with Crippen molar-refractivity contribution in [1.29, 1.82) is 0 Å². The zero-order chi connectivity index (χ0) is 10.3. The molecule has 0 aromatic heterocycles. The molecule has 0 aliphatic rings. The first-order valence-corrected chi connectivity index (χ1v) is 4.31. The molecule has 0 atom stereocenters.